The van der Waals surface area contributed by atoms with E-state index in [9.17, 15) is 0 Å². The largest absolute Gasteiger partial charge is 0.477 e. The van der Waals surface area contributed by atoms with Gasteiger partial charge in [-0.15, -0.1) is 0 Å². The smallest absolute Gasteiger partial charge is 0.226 e. The van der Waals surface area contributed by atoms with E-state index in [1.807, 2.05) is 31.3 Å². The average molecular weight is 293 g/mol. The number of allylic oxidation sites excluding steroid dienone is 1. The van der Waals surface area contributed by atoms with Gasteiger partial charge in [-0.3, -0.25) is 0 Å². The summed E-state index contributed by atoms with van der Waals surface area (Å²) in [6.07, 6.45) is 5.13. The molecule has 4 nitrogen and oxygen atoms in total. The van der Waals surface area contributed by atoms with Crippen LogP contribution in [0.15, 0.2) is 55.0 Å². The lowest BCUT2D eigenvalue weighted by molar-refractivity contribution is 0.313. The monoisotopic (exact) mass is 293 g/mol. The highest BCUT2D eigenvalue weighted by Crippen LogP contribution is 2.26. The second-order valence-corrected chi connectivity index (χ2v) is 5.43. The maximum atomic E-state index is 5.90. The van der Waals surface area contributed by atoms with Gasteiger partial charge < -0.3 is 9.72 Å². The predicted octanol–water partition coefficient (Wildman–Crippen LogP) is 3.70. The van der Waals surface area contributed by atoms with Crippen LogP contribution in [0, 0.1) is 0 Å². The lowest BCUT2D eigenvalue weighted by Crippen LogP contribution is -2.03. The van der Waals surface area contributed by atoms with E-state index in [-0.39, 0.29) is 0 Å². The van der Waals surface area contributed by atoms with Gasteiger partial charge in [-0.1, -0.05) is 42.5 Å². The first-order valence-electron chi connectivity index (χ1n) is 7.36. The predicted molar refractivity (Wildman–Crippen MR) is 88.0 cm³/mol. The number of ether oxygens (including phenoxy) is 1. The van der Waals surface area contributed by atoms with E-state index < -0.39 is 0 Å². The van der Waals surface area contributed by atoms with Gasteiger partial charge in [-0.25, -0.2) is 9.97 Å². The van der Waals surface area contributed by atoms with E-state index in [4.69, 9.17) is 4.74 Å². The van der Waals surface area contributed by atoms with Crippen LogP contribution in [0.1, 0.15) is 18.1 Å². The highest BCUT2D eigenvalue weighted by atomic mass is 16.5. The molecule has 0 aliphatic heterocycles. The fourth-order valence-corrected chi connectivity index (χ4v) is 2.48. The third kappa shape index (κ3) is 3.17. The van der Waals surface area contributed by atoms with E-state index in [1.54, 1.807) is 0 Å². The molecule has 0 unspecified atom stereocenters. The summed E-state index contributed by atoms with van der Waals surface area (Å²) in [7, 11) is 0. The van der Waals surface area contributed by atoms with Crippen LogP contribution in [0.2, 0.25) is 0 Å². The SMILES string of the molecule is C=C(C)Cc1c[nH]c2ncnc(OCCc3ccccc3)c12. The molecule has 1 aromatic carbocycles. The number of benzene rings is 1. The van der Waals surface area contributed by atoms with Crippen molar-refractivity contribution in [2.75, 3.05) is 6.61 Å². The molecular weight excluding hydrogens is 274 g/mol. The molecule has 0 saturated carbocycles. The van der Waals surface area contributed by atoms with Crippen molar-refractivity contribution >= 4 is 11.0 Å². The van der Waals surface area contributed by atoms with Crippen molar-refractivity contribution < 1.29 is 4.74 Å². The summed E-state index contributed by atoms with van der Waals surface area (Å²) in [6.45, 7) is 6.58. The van der Waals surface area contributed by atoms with Gasteiger partial charge >= 0.3 is 0 Å². The molecule has 0 saturated heterocycles. The summed E-state index contributed by atoms with van der Waals surface area (Å²) in [5.41, 5.74) is 4.28. The zero-order chi connectivity index (χ0) is 15.4. The molecule has 0 bridgehead atoms. The van der Waals surface area contributed by atoms with Crippen LogP contribution in [0.4, 0.5) is 0 Å². The van der Waals surface area contributed by atoms with Gasteiger partial charge in [0.25, 0.3) is 0 Å². The van der Waals surface area contributed by atoms with Crippen LogP contribution < -0.4 is 4.74 Å². The second kappa shape index (κ2) is 6.43. The molecule has 22 heavy (non-hydrogen) atoms. The molecule has 0 radical (unpaired) electrons. The van der Waals surface area contributed by atoms with E-state index in [0.29, 0.717) is 12.5 Å². The number of aromatic amines is 1. The summed E-state index contributed by atoms with van der Waals surface area (Å²) >= 11 is 0. The van der Waals surface area contributed by atoms with Crippen LogP contribution >= 0.6 is 0 Å². The first-order chi connectivity index (χ1) is 10.7. The normalized spacial score (nSPS) is 10.8. The van der Waals surface area contributed by atoms with Gasteiger partial charge in [0, 0.05) is 12.6 Å². The number of hydrogen-bond acceptors (Lipinski definition) is 3. The third-order valence-electron chi connectivity index (χ3n) is 3.48. The van der Waals surface area contributed by atoms with Crippen molar-refractivity contribution in [2.45, 2.75) is 19.8 Å². The van der Waals surface area contributed by atoms with E-state index in [0.717, 1.165) is 35.0 Å². The molecule has 2 aromatic heterocycles. The first kappa shape index (κ1) is 14.3. The van der Waals surface area contributed by atoms with Gasteiger partial charge in [0.05, 0.1) is 12.0 Å². The Hall–Kier alpha value is -2.62. The Labute approximate surface area is 129 Å². The van der Waals surface area contributed by atoms with Crippen LogP contribution in [-0.4, -0.2) is 21.6 Å². The van der Waals surface area contributed by atoms with Crippen LogP contribution in [-0.2, 0) is 12.8 Å². The van der Waals surface area contributed by atoms with Crippen LogP contribution in [0.5, 0.6) is 5.88 Å². The van der Waals surface area contributed by atoms with Gasteiger partial charge in [0.2, 0.25) is 5.88 Å². The number of nitrogens with zero attached hydrogens (tertiary/aromatic N) is 2. The minimum absolute atomic E-state index is 0.591. The Morgan fingerprint density at radius 2 is 2.05 bits per heavy atom. The topological polar surface area (TPSA) is 50.8 Å². The maximum Gasteiger partial charge on any atom is 0.226 e. The molecule has 3 aromatic rings. The zero-order valence-corrected chi connectivity index (χ0v) is 12.7. The number of fused-ring (bicyclic) bond motifs is 1. The molecule has 2 heterocycles. The van der Waals surface area contributed by atoms with Crippen LogP contribution in [0.3, 0.4) is 0 Å². The molecule has 1 N–H and O–H groups in total. The maximum absolute atomic E-state index is 5.90. The fourth-order valence-electron chi connectivity index (χ4n) is 2.48. The summed E-state index contributed by atoms with van der Waals surface area (Å²) < 4.78 is 5.90. The van der Waals surface area contributed by atoms with Crippen molar-refractivity contribution in [2.24, 2.45) is 0 Å². The molecule has 0 amide bonds. The second-order valence-electron chi connectivity index (χ2n) is 5.43. The minimum atomic E-state index is 0.591. The Kier molecular flexibility index (Phi) is 4.19. The van der Waals surface area contributed by atoms with Crippen molar-refractivity contribution in [3.8, 4) is 5.88 Å². The molecule has 0 aliphatic carbocycles. The van der Waals surface area contributed by atoms with Gasteiger partial charge in [0.15, 0.2) is 0 Å². The molecule has 0 aliphatic rings. The molecule has 4 heteroatoms. The zero-order valence-electron chi connectivity index (χ0n) is 12.7. The number of nitrogens with one attached hydrogen (secondary N) is 1. The number of aromatic nitrogens is 3. The third-order valence-corrected chi connectivity index (χ3v) is 3.48. The average Bonchev–Trinajstić information content (AvgIpc) is 2.92. The summed E-state index contributed by atoms with van der Waals surface area (Å²) in [6, 6.07) is 10.3. The number of rotatable bonds is 6. The molecular formula is C18H19N3O. The van der Waals surface area contributed by atoms with Gasteiger partial charge in [0.1, 0.15) is 12.0 Å². The lowest BCUT2D eigenvalue weighted by Gasteiger charge is -2.07. The Bertz CT molecular complexity index is 777. The van der Waals surface area contributed by atoms with E-state index in [2.05, 4.69) is 33.7 Å². The first-order valence-corrected chi connectivity index (χ1v) is 7.36. The molecule has 0 spiro atoms. The molecule has 3 rings (SSSR count). The molecule has 0 atom stereocenters. The fraction of sp³-hybridized carbons (Fsp3) is 0.222. The quantitative estimate of drug-likeness (QED) is 0.705. The standard InChI is InChI=1S/C18H19N3O/c1-13(2)10-15-11-19-17-16(15)18(21-12-20-17)22-9-8-14-6-4-3-5-7-14/h3-7,11-12H,1,8-10H2,2H3,(H,19,20,21). The van der Waals surface area contributed by atoms with Gasteiger partial charge in [-0.05, 0) is 24.5 Å². The Morgan fingerprint density at radius 3 is 2.82 bits per heavy atom. The van der Waals surface area contributed by atoms with E-state index >= 15 is 0 Å². The Morgan fingerprint density at radius 1 is 1.23 bits per heavy atom. The van der Waals surface area contributed by atoms with Crippen molar-refractivity contribution in [3.63, 3.8) is 0 Å². The van der Waals surface area contributed by atoms with E-state index in [1.165, 1.54) is 11.9 Å². The summed E-state index contributed by atoms with van der Waals surface area (Å²) in [5.74, 6) is 0.637. The molecule has 0 fully saturated rings. The van der Waals surface area contributed by atoms with Gasteiger partial charge in [-0.2, -0.15) is 0 Å². The number of H-pyrrole nitrogens is 1. The Balaban J connectivity index is 1.78. The highest BCUT2D eigenvalue weighted by Gasteiger charge is 2.12. The molecule has 112 valence electrons. The number of hydrogen-bond donors (Lipinski definition) is 1. The minimum Gasteiger partial charge on any atom is -0.477 e. The summed E-state index contributed by atoms with van der Waals surface area (Å²) in [4.78, 5) is 11.7. The highest BCUT2D eigenvalue weighted by molar-refractivity contribution is 5.84. The lowest BCUT2D eigenvalue weighted by atomic mass is 10.1. The van der Waals surface area contributed by atoms with Crippen LogP contribution in [0.25, 0.3) is 11.0 Å². The summed E-state index contributed by atoms with van der Waals surface area (Å²) in [5, 5.41) is 0.957. The van der Waals surface area contributed by atoms with Crippen molar-refractivity contribution in [1.82, 2.24) is 15.0 Å². The van der Waals surface area contributed by atoms with Crippen molar-refractivity contribution in [1.29, 1.82) is 0 Å². The van der Waals surface area contributed by atoms with Crippen molar-refractivity contribution in [3.05, 3.63) is 66.1 Å².